The summed E-state index contributed by atoms with van der Waals surface area (Å²) in [6, 6.07) is 8.71. The molecule has 0 atom stereocenters. The molecule has 0 radical (unpaired) electrons. The molecule has 0 aliphatic heterocycles. The van der Waals surface area contributed by atoms with Gasteiger partial charge in [-0.25, -0.2) is 0 Å². The zero-order chi connectivity index (χ0) is 19.0. The van der Waals surface area contributed by atoms with Crippen molar-refractivity contribution in [2.24, 2.45) is 5.41 Å². The van der Waals surface area contributed by atoms with Crippen LogP contribution in [0.5, 0.6) is 0 Å². The van der Waals surface area contributed by atoms with Gasteiger partial charge in [0.15, 0.2) is 0 Å². The van der Waals surface area contributed by atoms with Crippen molar-refractivity contribution in [2.45, 2.75) is 80.6 Å². The third-order valence-electron chi connectivity index (χ3n) is 3.47. The van der Waals surface area contributed by atoms with Crippen molar-refractivity contribution < 1.29 is 9.84 Å². The van der Waals surface area contributed by atoms with Gasteiger partial charge >= 0.3 is 0 Å². The number of hydrogen-bond acceptors (Lipinski definition) is 3. The van der Waals surface area contributed by atoms with E-state index in [-0.39, 0.29) is 6.10 Å². The van der Waals surface area contributed by atoms with E-state index in [4.69, 9.17) is 9.84 Å². The summed E-state index contributed by atoms with van der Waals surface area (Å²) in [6.45, 7) is 17.8. The van der Waals surface area contributed by atoms with Crippen molar-refractivity contribution in [3.05, 3.63) is 35.4 Å². The quantitative estimate of drug-likeness (QED) is 0.653. The number of aliphatic hydroxyl groups excluding tert-OH is 1. The van der Waals surface area contributed by atoms with Crippen molar-refractivity contribution in [3.8, 4) is 0 Å². The minimum atomic E-state index is 0.289. The van der Waals surface area contributed by atoms with Gasteiger partial charge in [0.05, 0.1) is 12.7 Å². The fourth-order valence-corrected chi connectivity index (χ4v) is 2.33. The lowest BCUT2D eigenvalue weighted by Gasteiger charge is -2.24. The highest BCUT2D eigenvalue weighted by Gasteiger charge is 2.15. The lowest BCUT2D eigenvalue weighted by molar-refractivity contribution is 0.0657. The number of hydrogen-bond donors (Lipinski definition) is 2. The van der Waals surface area contributed by atoms with Crippen LogP contribution in [0, 0.1) is 5.41 Å². The maximum atomic E-state index is 7.00. The van der Waals surface area contributed by atoms with Gasteiger partial charge in [-0.3, -0.25) is 0 Å². The summed E-state index contributed by atoms with van der Waals surface area (Å²) < 4.78 is 5.60. The molecule has 0 heterocycles. The lowest BCUT2D eigenvalue weighted by Crippen LogP contribution is -2.28. The summed E-state index contributed by atoms with van der Waals surface area (Å²) >= 11 is 0. The van der Waals surface area contributed by atoms with Gasteiger partial charge in [-0.15, -0.1) is 0 Å². The van der Waals surface area contributed by atoms with E-state index in [1.807, 2.05) is 13.8 Å². The first-order valence-corrected chi connectivity index (χ1v) is 9.28. The van der Waals surface area contributed by atoms with Gasteiger partial charge in [0.1, 0.15) is 0 Å². The molecule has 24 heavy (non-hydrogen) atoms. The molecule has 1 rings (SSSR count). The van der Waals surface area contributed by atoms with Crippen molar-refractivity contribution in [2.75, 3.05) is 13.7 Å². The second kappa shape index (κ2) is 15.6. The number of ether oxygens (including phenoxy) is 1. The molecule has 0 spiro atoms. The number of nitrogens with one attached hydrogen (secondary N) is 1. The predicted molar refractivity (Wildman–Crippen MR) is 106 cm³/mol. The van der Waals surface area contributed by atoms with Crippen LogP contribution < -0.4 is 5.32 Å². The fraction of sp³-hybridized carbons (Fsp3) is 0.714. The highest BCUT2D eigenvalue weighted by atomic mass is 16.5. The zero-order valence-electron chi connectivity index (χ0n) is 17.3. The summed E-state index contributed by atoms with van der Waals surface area (Å²) in [6.07, 6.45) is 2.81. The van der Waals surface area contributed by atoms with E-state index in [2.05, 4.69) is 64.2 Å². The largest absolute Gasteiger partial charge is 0.400 e. The first-order chi connectivity index (χ1) is 11.4. The van der Waals surface area contributed by atoms with Gasteiger partial charge in [-0.05, 0) is 36.8 Å². The lowest BCUT2D eigenvalue weighted by atomic mass is 9.88. The summed E-state index contributed by atoms with van der Waals surface area (Å²) in [5.41, 5.74) is 2.97. The van der Waals surface area contributed by atoms with Gasteiger partial charge in [-0.2, -0.15) is 0 Å². The van der Waals surface area contributed by atoms with Crippen molar-refractivity contribution in [3.63, 3.8) is 0 Å². The molecule has 0 aliphatic rings. The Hall–Kier alpha value is -0.900. The van der Waals surface area contributed by atoms with Crippen LogP contribution in [-0.4, -0.2) is 24.9 Å². The highest BCUT2D eigenvalue weighted by molar-refractivity contribution is 5.21. The molecule has 0 aliphatic carbocycles. The zero-order valence-corrected chi connectivity index (χ0v) is 17.3. The first-order valence-electron chi connectivity index (χ1n) is 9.28. The maximum absolute atomic E-state index is 7.00. The van der Waals surface area contributed by atoms with E-state index in [1.165, 1.54) is 24.0 Å². The Balaban J connectivity index is 0. The normalized spacial score (nSPS) is 10.6. The average Bonchev–Trinajstić information content (AvgIpc) is 2.57. The van der Waals surface area contributed by atoms with Crippen LogP contribution in [0.15, 0.2) is 24.3 Å². The molecule has 142 valence electrons. The van der Waals surface area contributed by atoms with Gasteiger partial charge in [0, 0.05) is 20.2 Å². The summed E-state index contributed by atoms with van der Waals surface area (Å²) in [5, 5.41) is 10.6. The van der Waals surface area contributed by atoms with Gasteiger partial charge < -0.3 is 15.2 Å². The standard InChI is InChI=1S/C18H31NO.C2H6.CH4O/c1-6-11-18(4,5)14-19-12-16-7-9-17(10-8-16)13-20-15(2)3;2*1-2/h7-10,15,19H,6,11-14H2,1-5H3;1-2H3;2H,1H3. The van der Waals surface area contributed by atoms with Crippen LogP contribution in [0.2, 0.25) is 0 Å². The van der Waals surface area contributed by atoms with E-state index in [1.54, 1.807) is 0 Å². The van der Waals surface area contributed by atoms with E-state index in [0.717, 1.165) is 20.2 Å². The molecule has 0 bridgehead atoms. The van der Waals surface area contributed by atoms with Crippen LogP contribution in [0.1, 0.15) is 72.4 Å². The Bertz CT molecular complexity index is 372. The van der Waals surface area contributed by atoms with E-state index in [9.17, 15) is 0 Å². The van der Waals surface area contributed by atoms with Crippen LogP contribution in [0.25, 0.3) is 0 Å². The summed E-state index contributed by atoms with van der Waals surface area (Å²) in [7, 11) is 1.00. The van der Waals surface area contributed by atoms with E-state index >= 15 is 0 Å². The van der Waals surface area contributed by atoms with Crippen LogP contribution >= 0.6 is 0 Å². The highest BCUT2D eigenvalue weighted by Crippen LogP contribution is 2.20. The molecular weight excluding hydrogens is 298 g/mol. The number of aliphatic hydroxyl groups is 1. The SMILES string of the molecule is CC.CCCC(C)(C)CNCc1ccc(COC(C)C)cc1.CO. The van der Waals surface area contributed by atoms with Crippen molar-refractivity contribution in [1.29, 1.82) is 0 Å². The first kappa shape index (κ1) is 25.3. The molecule has 3 nitrogen and oxygen atoms in total. The molecule has 0 saturated heterocycles. The van der Waals surface area contributed by atoms with Crippen molar-refractivity contribution >= 4 is 0 Å². The Morgan fingerprint density at radius 2 is 1.54 bits per heavy atom. The minimum Gasteiger partial charge on any atom is -0.400 e. The van der Waals surface area contributed by atoms with E-state index in [0.29, 0.717) is 12.0 Å². The third kappa shape index (κ3) is 13.5. The topological polar surface area (TPSA) is 41.5 Å². The Kier molecular flexibility index (Phi) is 16.5. The Morgan fingerprint density at radius 1 is 1.04 bits per heavy atom. The monoisotopic (exact) mass is 339 g/mol. The van der Waals surface area contributed by atoms with Gasteiger partial charge in [-0.1, -0.05) is 65.3 Å². The van der Waals surface area contributed by atoms with Crippen LogP contribution in [-0.2, 0) is 17.9 Å². The van der Waals surface area contributed by atoms with E-state index < -0.39 is 0 Å². The molecule has 1 aromatic rings. The Labute approximate surface area is 150 Å². The minimum absolute atomic E-state index is 0.289. The third-order valence-corrected chi connectivity index (χ3v) is 3.47. The molecule has 2 N–H and O–H groups in total. The molecule has 0 aromatic heterocycles. The van der Waals surface area contributed by atoms with Gasteiger partial charge in [0.2, 0.25) is 0 Å². The molecule has 1 aromatic carbocycles. The number of rotatable bonds is 9. The Morgan fingerprint density at radius 3 is 2.00 bits per heavy atom. The molecule has 0 unspecified atom stereocenters. The van der Waals surface area contributed by atoms with Crippen molar-refractivity contribution in [1.82, 2.24) is 5.32 Å². The van der Waals surface area contributed by atoms with Crippen LogP contribution in [0.4, 0.5) is 0 Å². The fourth-order valence-electron chi connectivity index (χ4n) is 2.33. The maximum Gasteiger partial charge on any atom is 0.0720 e. The summed E-state index contributed by atoms with van der Waals surface area (Å²) in [5.74, 6) is 0. The smallest absolute Gasteiger partial charge is 0.0720 e. The number of benzene rings is 1. The molecule has 0 fully saturated rings. The molecular formula is C21H41NO2. The molecule has 0 amide bonds. The summed E-state index contributed by atoms with van der Waals surface area (Å²) in [4.78, 5) is 0. The average molecular weight is 340 g/mol. The second-order valence-corrected chi connectivity index (χ2v) is 6.69. The molecule has 0 saturated carbocycles. The van der Waals surface area contributed by atoms with Gasteiger partial charge in [0.25, 0.3) is 0 Å². The van der Waals surface area contributed by atoms with Crippen LogP contribution in [0.3, 0.4) is 0 Å². The second-order valence-electron chi connectivity index (χ2n) is 6.69. The predicted octanol–water partition coefficient (Wildman–Crippen LogP) is 5.16. The molecule has 3 heteroatoms.